The molecule has 0 bridgehead atoms. The van der Waals surface area contributed by atoms with E-state index in [1.807, 2.05) is 0 Å². The van der Waals surface area contributed by atoms with Crippen LogP contribution < -0.4 is 19.1 Å². The van der Waals surface area contributed by atoms with Gasteiger partial charge in [0.1, 0.15) is 11.5 Å². The van der Waals surface area contributed by atoms with Gasteiger partial charge in [-0.15, -0.1) is 0 Å². The molecule has 0 aromatic heterocycles. The predicted molar refractivity (Wildman–Crippen MR) is 109 cm³/mol. The number of amides is 1. The molecule has 1 amide bonds. The molecule has 3 rings (SSSR count). The molecule has 9 heteroatoms. The summed E-state index contributed by atoms with van der Waals surface area (Å²) in [5.74, 6) is 0.685. The molecule has 1 aliphatic rings. The Labute approximate surface area is 169 Å². The molecule has 1 aliphatic heterocycles. The van der Waals surface area contributed by atoms with E-state index in [9.17, 15) is 13.2 Å². The summed E-state index contributed by atoms with van der Waals surface area (Å²) < 4.78 is 36.2. The Bertz CT molecular complexity index is 1000. The van der Waals surface area contributed by atoms with Gasteiger partial charge < -0.3 is 14.8 Å². The van der Waals surface area contributed by atoms with Crippen molar-refractivity contribution in [2.24, 2.45) is 0 Å². The van der Waals surface area contributed by atoms with Crippen molar-refractivity contribution in [3.05, 3.63) is 46.5 Å². The van der Waals surface area contributed by atoms with Crippen LogP contribution in [0.25, 0.3) is 0 Å². The van der Waals surface area contributed by atoms with Gasteiger partial charge in [-0.3, -0.25) is 9.10 Å². The molecule has 28 heavy (non-hydrogen) atoms. The Kier molecular flexibility index (Phi) is 5.71. The number of ether oxygens (including phenoxy) is 2. The van der Waals surface area contributed by atoms with Crippen molar-refractivity contribution in [1.82, 2.24) is 0 Å². The third-order valence-electron chi connectivity index (χ3n) is 4.48. The first-order valence-corrected chi connectivity index (χ1v) is 10.6. The van der Waals surface area contributed by atoms with E-state index < -0.39 is 15.9 Å². The minimum Gasteiger partial charge on any atom is -0.497 e. The van der Waals surface area contributed by atoms with E-state index in [1.165, 1.54) is 24.6 Å². The molecule has 150 valence electrons. The minimum absolute atomic E-state index is 0.0970. The number of benzene rings is 2. The summed E-state index contributed by atoms with van der Waals surface area (Å²) in [4.78, 5) is 12.9. The Morgan fingerprint density at radius 2 is 1.75 bits per heavy atom. The molecule has 1 fully saturated rings. The van der Waals surface area contributed by atoms with E-state index >= 15 is 0 Å². The molecule has 0 unspecified atom stereocenters. The summed E-state index contributed by atoms with van der Waals surface area (Å²) in [7, 11) is -0.335. The van der Waals surface area contributed by atoms with Gasteiger partial charge in [0.15, 0.2) is 0 Å². The Morgan fingerprint density at radius 3 is 2.29 bits per heavy atom. The normalized spacial score (nSPS) is 15.4. The highest BCUT2D eigenvalue weighted by Gasteiger charge is 2.29. The number of sulfonamides is 1. The van der Waals surface area contributed by atoms with Crippen molar-refractivity contribution >= 4 is 38.9 Å². The number of halogens is 1. The van der Waals surface area contributed by atoms with Gasteiger partial charge >= 0.3 is 0 Å². The second-order valence-electron chi connectivity index (χ2n) is 6.42. The predicted octanol–water partition coefficient (Wildman–Crippen LogP) is 3.46. The van der Waals surface area contributed by atoms with E-state index in [-0.39, 0.29) is 16.3 Å². The lowest BCUT2D eigenvalue weighted by Crippen LogP contribution is -2.25. The zero-order valence-corrected chi connectivity index (χ0v) is 17.4. The number of hydrogen-bond donors (Lipinski definition) is 1. The number of rotatable bonds is 5. The Hall–Kier alpha value is -2.45. The summed E-state index contributed by atoms with van der Waals surface area (Å²) >= 11 is 6.34. The second kappa shape index (κ2) is 7.89. The molecule has 0 atom stereocenters. The van der Waals surface area contributed by atoms with Crippen LogP contribution in [0.3, 0.4) is 0 Å². The number of anilines is 2. The number of nitrogens with zero attached hydrogens (tertiary/aromatic N) is 1. The van der Waals surface area contributed by atoms with Crippen LogP contribution in [0.5, 0.6) is 11.5 Å². The van der Waals surface area contributed by atoms with E-state index in [0.717, 1.165) is 0 Å². The molecular formula is C19H21ClN2O5S. The van der Waals surface area contributed by atoms with E-state index in [1.54, 1.807) is 31.2 Å². The maximum Gasteiger partial charge on any atom is 0.257 e. The van der Waals surface area contributed by atoms with Crippen LogP contribution in [0.1, 0.15) is 22.3 Å². The van der Waals surface area contributed by atoms with Crippen molar-refractivity contribution in [3.63, 3.8) is 0 Å². The average Bonchev–Trinajstić information content (AvgIpc) is 3.02. The van der Waals surface area contributed by atoms with Gasteiger partial charge in [0.25, 0.3) is 5.91 Å². The van der Waals surface area contributed by atoms with Crippen molar-refractivity contribution in [1.29, 1.82) is 0 Å². The zero-order chi connectivity index (χ0) is 20.5. The summed E-state index contributed by atoms with van der Waals surface area (Å²) in [5.41, 5.74) is 1.72. The lowest BCUT2D eigenvalue weighted by Gasteiger charge is -2.19. The smallest absolute Gasteiger partial charge is 0.257 e. The lowest BCUT2D eigenvalue weighted by molar-refractivity contribution is 0.102. The van der Waals surface area contributed by atoms with Crippen molar-refractivity contribution in [3.8, 4) is 11.5 Å². The maximum absolute atomic E-state index is 12.9. The van der Waals surface area contributed by atoms with Crippen molar-refractivity contribution < 1.29 is 22.7 Å². The van der Waals surface area contributed by atoms with E-state index in [2.05, 4.69) is 5.32 Å². The van der Waals surface area contributed by atoms with Crippen LogP contribution in [0.2, 0.25) is 5.02 Å². The number of carbonyl (C=O) groups excluding carboxylic acids is 1. The quantitative estimate of drug-likeness (QED) is 0.794. The Balaban J connectivity index is 1.96. The Morgan fingerprint density at radius 1 is 1.11 bits per heavy atom. The third kappa shape index (κ3) is 4.02. The summed E-state index contributed by atoms with van der Waals surface area (Å²) in [6.07, 6.45) is 0.551. The first-order valence-electron chi connectivity index (χ1n) is 8.60. The monoisotopic (exact) mass is 424 g/mol. The fourth-order valence-corrected chi connectivity index (χ4v) is 4.81. The number of aryl methyl sites for hydroxylation is 1. The van der Waals surface area contributed by atoms with Gasteiger partial charge in [0.2, 0.25) is 10.0 Å². The molecule has 0 spiro atoms. The molecular weight excluding hydrogens is 404 g/mol. The van der Waals surface area contributed by atoms with Crippen LogP contribution in [0.4, 0.5) is 11.4 Å². The maximum atomic E-state index is 12.9. The van der Waals surface area contributed by atoms with Crippen LogP contribution in [-0.2, 0) is 10.0 Å². The van der Waals surface area contributed by atoms with Crippen molar-refractivity contribution in [2.75, 3.05) is 36.1 Å². The molecule has 7 nitrogen and oxygen atoms in total. The molecule has 1 heterocycles. The topological polar surface area (TPSA) is 84.9 Å². The molecule has 1 N–H and O–H groups in total. The number of nitrogens with one attached hydrogen (secondary N) is 1. The molecule has 0 radical (unpaired) electrons. The van der Waals surface area contributed by atoms with Gasteiger partial charge in [-0.1, -0.05) is 11.6 Å². The lowest BCUT2D eigenvalue weighted by atomic mass is 10.1. The van der Waals surface area contributed by atoms with Crippen LogP contribution in [0, 0.1) is 6.92 Å². The molecule has 0 saturated carbocycles. The number of methoxy groups -OCH3 is 2. The minimum atomic E-state index is -3.36. The van der Waals surface area contributed by atoms with Crippen LogP contribution in [0.15, 0.2) is 30.3 Å². The summed E-state index contributed by atoms with van der Waals surface area (Å²) in [5, 5.41) is 3.03. The first-order chi connectivity index (χ1) is 13.2. The van der Waals surface area contributed by atoms with Crippen LogP contribution in [-0.4, -0.2) is 40.8 Å². The molecule has 2 aromatic rings. The van der Waals surface area contributed by atoms with Gasteiger partial charge in [-0.05, 0) is 31.0 Å². The number of hydrogen-bond acceptors (Lipinski definition) is 5. The SMILES string of the molecule is COc1cc(NC(=O)c2cc(N3CCCS3(=O)=O)cc(C)c2Cl)cc(OC)c1. The first kappa shape index (κ1) is 20.3. The van der Waals surface area contributed by atoms with Crippen molar-refractivity contribution in [2.45, 2.75) is 13.3 Å². The molecule has 2 aromatic carbocycles. The fraction of sp³-hybridized carbons (Fsp3) is 0.316. The highest BCUT2D eigenvalue weighted by atomic mass is 35.5. The molecule has 1 saturated heterocycles. The average molecular weight is 425 g/mol. The van der Waals surface area contributed by atoms with Gasteiger partial charge in [-0.25, -0.2) is 8.42 Å². The van der Waals surface area contributed by atoms with Gasteiger partial charge in [0.05, 0.1) is 36.2 Å². The second-order valence-corrected chi connectivity index (χ2v) is 8.81. The van der Waals surface area contributed by atoms with Gasteiger partial charge in [-0.2, -0.15) is 0 Å². The highest BCUT2D eigenvalue weighted by molar-refractivity contribution is 7.93. The summed E-state index contributed by atoms with van der Waals surface area (Å²) in [6.45, 7) is 2.12. The summed E-state index contributed by atoms with van der Waals surface area (Å²) in [6, 6.07) is 8.17. The zero-order valence-electron chi connectivity index (χ0n) is 15.8. The third-order valence-corrected chi connectivity index (χ3v) is 6.85. The fourth-order valence-electron chi connectivity index (χ4n) is 3.07. The standard InChI is InChI=1S/C19H21ClN2O5S/c1-12-7-14(22-5-4-6-28(22,24)25)10-17(18(12)20)19(23)21-13-8-15(26-2)11-16(9-13)27-3/h7-11H,4-6H2,1-3H3,(H,21,23). The van der Waals surface area contributed by atoms with E-state index in [4.69, 9.17) is 21.1 Å². The largest absolute Gasteiger partial charge is 0.497 e. The van der Waals surface area contributed by atoms with Crippen LogP contribution >= 0.6 is 11.6 Å². The molecule has 0 aliphatic carbocycles. The van der Waals surface area contributed by atoms with Gasteiger partial charge in [0, 0.05) is 30.4 Å². The highest BCUT2D eigenvalue weighted by Crippen LogP contribution is 2.32. The van der Waals surface area contributed by atoms with E-state index in [0.29, 0.717) is 41.4 Å². The number of carbonyl (C=O) groups is 1.